The zero-order valence-corrected chi connectivity index (χ0v) is 8.89. The molecule has 76 valence electrons. The van der Waals surface area contributed by atoms with Gasteiger partial charge in [-0.2, -0.15) is 0 Å². The minimum atomic E-state index is 0.696. The third kappa shape index (κ3) is 1.54. The fraction of sp³-hybridized carbons (Fsp3) is 0.333. The Hall–Kier alpha value is -1.30. The van der Waals surface area contributed by atoms with Crippen molar-refractivity contribution >= 4 is 0 Å². The summed E-state index contributed by atoms with van der Waals surface area (Å²) < 4.78 is 0. The monoisotopic (exact) mass is 196 g/mol. The Morgan fingerprint density at radius 2 is 1.87 bits per heavy atom. The molecule has 2 unspecified atom stereocenters. The molecule has 0 spiro atoms. The van der Waals surface area contributed by atoms with Gasteiger partial charge < -0.3 is 0 Å². The molecule has 0 bridgehead atoms. The van der Waals surface area contributed by atoms with Crippen LogP contribution in [0.2, 0.25) is 0 Å². The molecule has 3 rings (SSSR count). The van der Waals surface area contributed by atoms with Crippen LogP contribution in [0.1, 0.15) is 30.7 Å². The standard InChI is InChI=1S/C15H16/c1-2-6-12(7-3-1)15-11-10-13-8-4-5-9-14(13)15/h1-7,9,13,15H,8,10-11H2. The Morgan fingerprint density at radius 3 is 2.73 bits per heavy atom. The Morgan fingerprint density at radius 1 is 1.00 bits per heavy atom. The lowest BCUT2D eigenvalue weighted by Crippen LogP contribution is -2.03. The second-order valence-corrected chi connectivity index (χ2v) is 4.57. The van der Waals surface area contributed by atoms with Crippen molar-refractivity contribution in [2.75, 3.05) is 0 Å². The molecule has 1 saturated carbocycles. The summed E-state index contributed by atoms with van der Waals surface area (Å²) in [5.74, 6) is 1.53. The van der Waals surface area contributed by atoms with E-state index in [4.69, 9.17) is 0 Å². The van der Waals surface area contributed by atoms with Crippen LogP contribution in [0.3, 0.4) is 0 Å². The molecule has 15 heavy (non-hydrogen) atoms. The Balaban J connectivity index is 1.95. The van der Waals surface area contributed by atoms with Crippen LogP contribution >= 0.6 is 0 Å². The van der Waals surface area contributed by atoms with Crippen molar-refractivity contribution in [3.63, 3.8) is 0 Å². The minimum absolute atomic E-state index is 0.696. The lowest BCUT2D eigenvalue weighted by atomic mass is 9.87. The zero-order valence-electron chi connectivity index (χ0n) is 8.89. The summed E-state index contributed by atoms with van der Waals surface area (Å²) in [5.41, 5.74) is 3.17. The quantitative estimate of drug-likeness (QED) is 0.635. The molecular weight excluding hydrogens is 180 g/mol. The molecule has 2 aliphatic rings. The van der Waals surface area contributed by atoms with Crippen molar-refractivity contribution < 1.29 is 0 Å². The number of allylic oxidation sites excluding steroid dienone is 4. The number of hydrogen-bond donors (Lipinski definition) is 0. The summed E-state index contributed by atoms with van der Waals surface area (Å²) in [6, 6.07) is 11.0. The molecule has 0 heteroatoms. The maximum atomic E-state index is 2.35. The molecule has 0 aliphatic heterocycles. The Bertz CT molecular complexity index is 397. The van der Waals surface area contributed by atoms with Gasteiger partial charge >= 0.3 is 0 Å². The molecule has 0 nitrogen and oxygen atoms in total. The zero-order chi connectivity index (χ0) is 10.1. The van der Waals surface area contributed by atoms with Crippen molar-refractivity contribution in [3.05, 3.63) is 59.7 Å². The SMILES string of the molecule is C1=CCC2CCC(c3ccccc3)C2=C1. The molecule has 0 N–H and O–H groups in total. The van der Waals surface area contributed by atoms with Gasteiger partial charge in [0.2, 0.25) is 0 Å². The highest BCUT2D eigenvalue weighted by Gasteiger charge is 2.30. The average molecular weight is 196 g/mol. The maximum Gasteiger partial charge on any atom is 0.00543 e. The van der Waals surface area contributed by atoms with Crippen molar-refractivity contribution in [2.45, 2.75) is 25.2 Å². The molecule has 1 aromatic rings. The minimum Gasteiger partial charge on any atom is -0.0839 e. The maximum absolute atomic E-state index is 2.35. The first-order valence-corrected chi connectivity index (χ1v) is 5.87. The van der Waals surface area contributed by atoms with E-state index in [1.807, 2.05) is 0 Å². The summed E-state index contributed by atoms with van der Waals surface area (Å²) in [6.45, 7) is 0. The molecule has 2 aliphatic carbocycles. The lowest BCUT2D eigenvalue weighted by molar-refractivity contribution is 0.632. The summed E-state index contributed by atoms with van der Waals surface area (Å²) in [7, 11) is 0. The molecule has 0 saturated heterocycles. The molecule has 1 fully saturated rings. The van der Waals surface area contributed by atoms with Crippen molar-refractivity contribution in [1.29, 1.82) is 0 Å². The van der Waals surface area contributed by atoms with Crippen LogP contribution in [-0.4, -0.2) is 0 Å². The van der Waals surface area contributed by atoms with Crippen LogP contribution in [0.15, 0.2) is 54.1 Å². The predicted octanol–water partition coefficient (Wildman–Crippen LogP) is 4.07. The van der Waals surface area contributed by atoms with Gasteiger partial charge in [0.1, 0.15) is 0 Å². The van der Waals surface area contributed by atoms with Crippen LogP contribution in [0, 0.1) is 5.92 Å². The number of hydrogen-bond acceptors (Lipinski definition) is 0. The molecule has 2 atom stereocenters. The Labute approximate surface area is 91.3 Å². The largest absolute Gasteiger partial charge is 0.0839 e. The smallest absolute Gasteiger partial charge is 0.00543 e. The number of benzene rings is 1. The van der Waals surface area contributed by atoms with Crippen molar-refractivity contribution in [1.82, 2.24) is 0 Å². The molecule has 0 aromatic heterocycles. The Kier molecular flexibility index (Phi) is 2.21. The van der Waals surface area contributed by atoms with E-state index in [0.29, 0.717) is 5.92 Å². The van der Waals surface area contributed by atoms with Crippen LogP contribution < -0.4 is 0 Å². The van der Waals surface area contributed by atoms with Gasteiger partial charge in [-0.1, -0.05) is 54.1 Å². The second-order valence-electron chi connectivity index (χ2n) is 4.57. The van der Waals surface area contributed by atoms with Gasteiger partial charge in [0, 0.05) is 5.92 Å². The third-order valence-corrected chi connectivity index (χ3v) is 3.72. The lowest BCUT2D eigenvalue weighted by Gasteiger charge is -2.18. The van der Waals surface area contributed by atoms with E-state index >= 15 is 0 Å². The number of rotatable bonds is 1. The molecule has 0 heterocycles. The average Bonchev–Trinajstić information content (AvgIpc) is 2.74. The summed E-state index contributed by atoms with van der Waals surface area (Å²) in [4.78, 5) is 0. The third-order valence-electron chi connectivity index (χ3n) is 3.72. The normalized spacial score (nSPS) is 28.7. The van der Waals surface area contributed by atoms with Gasteiger partial charge in [0.05, 0.1) is 0 Å². The van der Waals surface area contributed by atoms with Gasteiger partial charge in [0.25, 0.3) is 0 Å². The first-order chi connectivity index (χ1) is 7.45. The summed E-state index contributed by atoms with van der Waals surface area (Å²) in [5, 5.41) is 0. The molecular formula is C15H16. The molecule has 0 radical (unpaired) electrons. The van der Waals surface area contributed by atoms with E-state index in [9.17, 15) is 0 Å². The predicted molar refractivity (Wildman–Crippen MR) is 63.7 cm³/mol. The highest BCUT2D eigenvalue weighted by atomic mass is 14.3. The summed E-state index contributed by atoms with van der Waals surface area (Å²) in [6.07, 6.45) is 10.8. The van der Waals surface area contributed by atoms with Crippen LogP contribution in [-0.2, 0) is 0 Å². The highest BCUT2D eigenvalue weighted by Crippen LogP contribution is 2.45. The number of fused-ring (bicyclic) bond motifs is 1. The van der Waals surface area contributed by atoms with Crippen molar-refractivity contribution in [2.24, 2.45) is 5.92 Å². The van der Waals surface area contributed by atoms with E-state index in [0.717, 1.165) is 5.92 Å². The fourth-order valence-electron chi connectivity index (χ4n) is 2.96. The second kappa shape index (κ2) is 3.69. The van der Waals surface area contributed by atoms with Gasteiger partial charge in [-0.05, 0) is 30.7 Å². The van der Waals surface area contributed by atoms with E-state index in [-0.39, 0.29) is 0 Å². The summed E-state index contributed by atoms with van der Waals surface area (Å²) >= 11 is 0. The van der Waals surface area contributed by atoms with E-state index in [1.54, 1.807) is 5.57 Å². The van der Waals surface area contributed by atoms with Crippen LogP contribution in [0.4, 0.5) is 0 Å². The highest BCUT2D eigenvalue weighted by molar-refractivity contribution is 5.36. The van der Waals surface area contributed by atoms with Gasteiger partial charge in [-0.15, -0.1) is 0 Å². The van der Waals surface area contributed by atoms with Gasteiger partial charge in [-0.25, -0.2) is 0 Å². The molecule has 1 aromatic carbocycles. The first-order valence-electron chi connectivity index (χ1n) is 5.87. The van der Waals surface area contributed by atoms with Gasteiger partial charge in [0.15, 0.2) is 0 Å². The first kappa shape index (κ1) is 8.96. The van der Waals surface area contributed by atoms with E-state index < -0.39 is 0 Å². The van der Waals surface area contributed by atoms with Crippen LogP contribution in [0.5, 0.6) is 0 Å². The van der Waals surface area contributed by atoms with Crippen LogP contribution in [0.25, 0.3) is 0 Å². The topological polar surface area (TPSA) is 0 Å². The molecule has 0 amide bonds. The van der Waals surface area contributed by atoms with E-state index in [2.05, 4.69) is 48.6 Å². The fourth-order valence-corrected chi connectivity index (χ4v) is 2.96. The van der Waals surface area contributed by atoms with Gasteiger partial charge in [-0.3, -0.25) is 0 Å². The van der Waals surface area contributed by atoms with E-state index in [1.165, 1.54) is 24.8 Å². The van der Waals surface area contributed by atoms with Crippen molar-refractivity contribution in [3.8, 4) is 0 Å².